The number of nitrogens with zero attached hydrogens (tertiary/aromatic N) is 4. The maximum atomic E-state index is 12.5. The SMILES string of the molecule is O=C(NC[C@H]1C[C@@H]2C=C[C@H]1C2)c1cc(-n2cnnn2)ccc1Cl. The van der Waals surface area contributed by atoms with Gasteiger partial charge in [0, 0.05) is 6.54 Å². The number of carbonyl (C=O) groups is 1. The third kappa shape index (κ3) is 2.74. The van der Waals surface area contributed by atoms with Crippen molar-refractivity contribution in [2.24, 2.45) is 17.8 Å². The second kappa shape index (κ2) is 5.77. The van der Waals surface area contributed by atoms with Crippen LogP contribution in [0.25, 0.3) is 5.69 Å². The van der Waals surface area contributed by atoms with E-state index in [0.717, 1.165) is 0 Å². The highest BCUT2D eigenvalue weighted by molar-refractivity contribution is 6.33. The van der Waals surface area contributed by atoms with E-state index in [2.05, 4.69) is 33.0 Å². The Morgan fingerprint density at radius 3 is 2.96 bits per heavy atom. The molecule has 2 bridgehead atoms. The molecule has 1 amide bonds. The van der Waals surface area contributed by atoms with Crippen LogP contribution in [0.1, 0.15) is 23.2 Å². The van der Waals surface area contributed by atoms with Crippen molar-refractivity contribution in [1.82, 2.24) is 25.5 Å². The minimum absolute atomic E-state index is 0.156. The lowest BCUT2D eigenvalue weighted by Gasteiger charge is -2.18. The van der Waals surface area contributed by atoms with Crippen molar-refractivity contribution in [3.8, 4) is 5.69 Å². The van der Waals surface area contributed by atoms with Gasteiger partial charge in [0.2, 0.25) is 0 Å². The molecule has 0 radical (unpaired) electrons. The summed E-state index contributed by atoms with van der Waals surface area (Å²) >= 11 is 6.18. The highest BCUT2D eigenvalue weighted by Gasteiger charge is 2.35. The van der Waals surface area contributed by atoms with Gasteiger partial charge in [0.25, 0.3) is 5.91 Å². The Labute approximate surface area is 138 Å². The first-order valence-electron chi connectivity index (χ1n) is 7.70. The number of amides is 1. The third-order valence-electron chi connectivity index (χ3n) is 4.75. The molecule has 1 aromatic heterocycles. The third-order valence-corrected chi connectivity index (χ3v) is 5.08. The van der Waals surface area contributed by atoms with Crippen molar-refractivity contribution in [2.45, 2.75) is 12.8 Å². The number of halogens is 1. The number of aromatic nitrogens is 4. The number of hydrogen-bond acceptors (Lipinski definition) is 4. The molecule has 0 aliphatic heterocycles. The van der Waals surface area contributed by atoms with E-state index in [9.17, 15) is 4.79 Å². The van der Waals surface area contributed by atoms with Crippen LogP contribution in [0.3, 0.4) is 0 Å². The molecule has 1 saturated carbocycles. The Bertz CT molecular complexity index is 758. The molecule has 4 rings (SSSR count). The largest absolute Gasteiger partial charge is 0.352 e. The number of hydrogen-bond donors (Lipinski definition) is 1. The quantitative estimate of drug-likeness (QED) is 0.873. The number of rotatable bonds is 4. The topological polar surface area (TPSA) is 72.7 Å². The Hall–Kier alpha value is -2.21. The van der Waals surface area contributed by atoms with Gasteiger partial charge in [-0.05, 0) is 59.2 Å². The van der Waals surface area contributed by atoms with Crippen molar-refractivity contribution in [1.29, 1.82) is 0 Å². The number of tetrazole rings is 1. The summed E-state index contributed by atoms with van der Waals surface area (Å²) < 4.78 is 1.49. The fourth-order valence-corrected chi connectivity index (χ4v) is 3.76. The van der Waals surface area contributed by atoms with Crippen LogP contribution in [-0.2, 0) is 0 Å². The predicted octanol–water partition coefficient (Wildman–Crippen LogP) is 2.26. The first-order valence-corrected chi connectivity index (χ1v) is 8.08. The van der Waals surface area contributed by atoms with Gasteiger partial charge in [0.1, 0.15) is 6.33 Å². The molecular formula is C16H16ClN5O. The molecule has 0 saturated heterocycles. The second-order valence-corrected chi connectivity index (χ2v) is 6.58. The van der Waals surface area contributed by atoms with E-state index in [4.69, 9.17) is 11.6 Å². The van der Waals surface area contributed by atoms with E-state index >= 15 is 0 Å². The molecule has 0 unspecified atom stereocenters. The lowest BCUT2D eigenvalue weighted by molar-refractivity contribution is 0.0945. The summed E-state index contributed by atoms with van der Waals surface area (Å²) in [5.41, 5.74) is 1.14. The van der Waals surface area contributed by atoms with Crippen LogP contribution in [0.4, 0.5) is 0 Å². The second-order valence-electron chi connectivity index (χ2n) is 6.17. The van der Waals surface area contributed by atoms with Gasteiger partial charge in [-0.3, -0.25) is 4.79 Å². The highest BCUT2D eigenvalue weighted by Crippen LogP contribution is 2.42. The minimum Gasteiger partial charge on any atom is -0.352 e. The summed E-state index contributed by atoms with van der Waals surface area (Å²) in [7, 11) is 0. The van der Waals surface area contributed by atoms with Crippen LogP contribution in [-0.4, -0.2) is 32.7 Å². The van der Waals surface area contributed by atoms with Crippen molar-refractivity contribution in [3.63, 3.8) is 0 Å². The molecule has 1 heterocycles. The Morgan fingerprint density at radius 1 is 1.35 bits per heavy atom. The van der Waals surface area contributed by atoms with Gasteiger partial charge in [-0.25, -0.2) is 4.68 Å². The summed E-state index contributed by atoms with van der Waals surface area (Å²) in [6.45, 7) is 0.690. The minimum atomic E-state index is -0.156. The number of carbonyl (C=O) groups excluding carboxylic acids is 1. The van der Waals surface area contributed by atoms with E-state index in [-0.39, 0.29) is 5.91 Å². The standard InChI is InChI=1S/C16H16ClN5O/c17-15-4-3-13(22-9-19-20-21-22)7-14(15)16(23)18-8-12-6-10-1-2-11(12)5-10/h1-4,7,9-12H,5-6,8H2,(H,18,23)/t10-,11+,12-/m1/s1. The zero-order chi connectivity index (χ0) is 15.8. The van der Waals surface area contributed by atoms with Crippen molar-refractivity contribution in [3.05, 3.63) is 47.3 Å². The maximum Gasteiger partial charge on any atom is 0.252 e. The van der Waals surface area contributed by atoms with Gasteiger partial charge in [-0.2, -0.15) is 0 Å². The highest BCUT2D eigenvalue weighted by atomic mass is 35.5. The molecule has 118 valence electrons. The predicted molar refractivity (Wildman–Crippen MR) is 85.3 cm³/mol. The van der Waals surface area contributed by atoms with E-state index < -0.39 is 0 Å². The molecule has 3 atom stereocenters. The molecule has 6 nitrogen and oxygen atoms in total. The number of nitrogens with one attached hydrogen (secondary N) is 1. The molecule has 2 aromatic rings. The summed E-state index contributed by atoms with van der Waals surface area (Å²) in [6, 6.07) is 5.17. The molecule has 7 heteroatoms. The molecular weight excluding hydrogens is 314 g/mol. The molecule has 1 fully saturated rings. The number of fused-ring (bicyclic) bond motifs is 2. The van der Waals surface area contributed by atoms with Gasteiger partial charge in [-0.15, -0.1) is 5.10 Å². The summed E-state index contributed by atoms with van der Waals surface area (Å²) in [5.74, 6) is 1.70. The van der Waals surface area contributed by atoms with Crippen LogP contribution in [0.5, 0.6) is 0 Å². The first kappa shape index (κ1) is 14.4. The van der Waals surface area contributed by atoms with Gasteiger partial charge in [0.05, 0.1) is 16.3 Å². The van der Waals surface area contributed by atoms with Gasteiger partial charge >= 0.3 is 0 Å². The lowest BCUT2D eigenvalue weighted by atomic mass is 9.93. The van der Waals surface area contributed by atoms with E-state index in [1.807, 2.05) is 0 Å². The van der Waals surface area contributed by atoms with Gasteiger partial charge in [-0.1, -0.05) is 23.8 Å². The van der Waals surface area contributed by atoms with E-state index in [1.54, 1.807) is 18.2 Å². The normalized spacial score (nSPS) is 25.0. The molecule has 0 spiro atoms. The molecule has 23 heavy (non-hydrogen) atoms. The Balaban J connectivity index is 1.47. The van der Waals surface area contributed by atoms with Crippen LogP contribution in [0.2, 0.25) is 5.02 Å². The fourth-order valence-electron chi connectivity index (χ4n) is 3.56. The fraction of sp³-hybridized carbons (Fsp3) is 0.375. The summed E-state index contributed by atoms with van der Waals surface area (Å²) in [5, 5.41) is 14.5. The zero-order valence-corrected chi connectivity index (χ0v) is 13.1. The van der Waals surface area contributed by atoms with Crippen LogP contribution in [0.15, 0.2) is 36.7 Å². The number of allylic oxidation sites excluding steroid dienone is 2. The maximum absolute atomic E-state index is 12.5. The van der Waals surface area contributed by atoms with Crippen molar-refractivity contribution in [2.75, 3.05) is 6.54 Å². The van der Waals surface area contributed by atoms with E-state index in [1.165, 1.54) is 23.9 Å². The van der Waals surface area contributed by atoms with Crippen molar-refractivity contribution < 1.29 is 4.79 Å². The van der Waals surface area contributed by atoms with Gasteiger partial charge < -0.3 is 5.32 Å². The van der Waals surface area contributed by atoms with Crippen LogP contribution < -0.4 is 5.32 Å². The molecule has 1 N–H and O–H groups in total. The monoisotopic (exact) mass is 329 g/mol. The molecule has 2 aliphatic carbocycles. The molecule has 1 aromatic carbocycles. The molecule has 2 aliphatic rings. The zero-order valence-electron chi connectivity index (χ0n) is 12.4. The Kier molecular flexibility index (Phi) is 3.61. The average Bonchev–Trinajstić information content (AvgIpc) is 3.30. The van der Waals surface area contributed by atoms with Crippen molar-refractivity contribution >= 4 is 17.5 Å². The first-order chi connectivity index (χ1) is 11.2. The Morgan fingerprint density at radius 2 is 2.26 bits per heavy atom. The van der Waals surface area contributed by atoms with Gasteiger partial charge in [0.15, 0.2) is 0 Å². The lowest BCUT2D eigenvalue weighted by Crippen LogP contribution is -2.31. The summed E-state index contributed by atoms with van der Waals surface area (Å²) in [6.07, 6.45) is 8.47. The van der Waals surface area contributed by atoms with Crippen LogP contribution in [0, 0.1) is 17.8 Å². The number of benzene rings is 1. The summed E-state index contributed by atoms with van der Waals surface area (Å²) in [4.78, 5) is 12.5. The van der Waals surface area contributed by atoms with Crippen LogP contribution >= 0.6 is 11.6 Å². The smallest absolute Gasteiger partial charge is 0.252 e. The average molecular weight is 330 g/mol. The van der Waals surface area contributed by atoms with E-state index in [0.29, 0.717) is 40.6 Å².